The zero-order valence-corrected chi connectivity index (χ0v) is 9.95. The van der Waals surface area contributed by atoms with Crippen molar-refractivity contribution in [1.82, 2.24) is 0 Å². The number of hydrogen-bond acceptors (Lipinski definition) is 3. The Bertz CT molecular complexity index is 467. The third-order valence-electron chi connectivity index (χ3n) is 2.59. The van der Waals surface area contributed by atoms with Crippen molar-refractivity contribution in [2.24, 2.45) is 0 Å². The van der Waals surface area contributed by atoms with Crippen molar-refractivity contribution in [2.75, 3.05) is 7.11 Å². The smallest absolute Gasteiger partial charge is 0.233 e. The van der Waals surface area contributed by atoms with Crippen molar-refractivity contribution in [3.8, 4) is 23.7 Å². The lowest BCUT2D eigenvalue weighted by Crippen LogP contribution is -2.27. The number of rotatable bonds is 1. The third-order valence-corrected chi connectivity index (χ3v) is 2.59. The van der Waals surface area contributed by atoms with Crippen molar-refractivity contribution in [3.05, 3.63) is 24.0 Å². The molecule has 0 aromatic rings. The molecule has 0 radical (unpaired) electrons. The molecule has 1 fully saturated rings. The first-order chi connectivity index (χ1) is 8.28. The number of ether oxygens (including phenoxy) is 3. The Balaban J connectivity index is 1.99. The second-order valence-electron chi connectivity index (χ2n) is 3.76. The predicted molar refractivity (Wildman–Crippen MR) is 63.4 cm³/mol. The fourth-order valence-corrected chi connectivity index (χ4v) is 1.78. The van der Waals surface area contributed by atoms with E-state index in [0.29, 0.717) is 5.76 Å². The van der Waals surface area contributed by atoms with Crippen LogP contribution in [0.2, 0.25) is 0 Å². The lowest BCUT2D eigenvalue weighted by atomic mass is 10.2. The Kier molecular flexibility index (Phi) is 3.54. The molecule has 0 N–H and O–H groups in total. The summed E-state index contributed by atoms with van der Waals surface area (Å²) in [5.74, 6) is 10.9. The highest BCUT2D eigenvalue weighted by molar-refractivity contribution is 5.35. The van der Waals surface area contributed by atoms with Gasteiger partial charge in [0.1, 0.15) is 5.76 Å². The molecule has 2 rings (SSSR count). The van der Waals surface area contributed by atoms with Crippen LogP contribution in [0, 0.1) is 23.7 Å². The molecule has 3 nitrogen and oxygen atoms in total. The van der Waals surface area contributed by atoms with Gasteiger partial charge in [0, 0.05) is 26.0 Å². The summed E-state index contributed by atoms with van der Waals surface area (Å²) in [6.45, 7) is 1.75. The van der Waals surface area contributed by atoms with E-state index in [4.69, 9.17) is 14.2 Å². The summed E-state index contributed by atoms with van der Waals surface area (Å²) in [5, 5.41) is 0. The second kappa shape index (κ2) is 5.10. The van der Waals surface area contributed by atoms with Crippen LogP contribution in [-0.2, 0) is 14.2 Å². The summed E-state index contributed by atoms with van der Waals surface area (Å²) >= 11 is 0. The molecule has 2 heterocycles. The molecule has 0 aliphatic carbocycles. The molecule has 3 heteroatoms. The molecule has 2 aliphatic rings. The fourth-order valence-electron chi connectivity index (χ4n) is 1.78. The average Bonchev–Trinajstić information content (AvgIpc) is 2.93. The maximum atomic E-state index is 5.72. The van der Waals surface area contributed by atoms with Gasteiger partial charge in [-0.25, -0.2) is 0 Å². The van der Waals surface area contributed by atoms with Crippen LogP contribution >= 0.6 is 0 Å². The minimum Gasteiger partial charge on any atom is -0.458 e. The molecule has 2 unspecified atom stereocenters. The highest BCUT2D eigenvalue weighted by Crippen LogP contribution is 2.38. The van der Waals surface area contributed by atoms with E-state index in [1.54, 1.807) is 20.1 Å². The number of methoxy groups -OCH3 is 1. The average molecular weight is 230 g/mol. The molecule has 2 aliphatic heterocycles. The molecule has 0 saturated carbocycles. The van der Waals surface area contributed by atoms with Gasteiger partial charge in [-0.2, -0.15) is 0 Å². The van der Waals surface area contributed by atoms with E-state index < -0.39 is 5.79 Å². The van der Waals surface area contributed by atoms with E-state index in [-0.39, 0.29) is 6.29 Å². The zero-order valence-electron chi connectivity index (χ0n) is 9.95. The third kappa shape index (κ3) is 2.71. The van der Waals surface area contributed by atoms with Crippen LogP contribution < -0.4 is 0 Å². The Morgan fingerprint density at radius 2 is 2.41 bits per heavy atom. The van der Waals surface area contributed by atoms with E-state index in [1.807, 2.05) is 12.2 Å². The molecule has 2 atom stereocenters. The van der Waals surface area contributed by atoms with Gasteiger partial charge in [-0.1, -0.05) is 11.8 Å². The van der Waals surface area contributed by atoms with Crippen LogP contribution in [-0.4, -0.2) is 19.2 Å². The fraction of sp³-hybridized carbons (Fsp3) is 0.429. The molecule has 0 aromatic carbocycles. The maximum Gasteiger partial charge on any atom is 0.233 e. The van der Waals surface area contributed by atoms with Crippen LogP contribution in [0.1, 0.15) is 19.8 Å². The Labute approximate surface area is 101 Å². The van der Waals surface area contributed by atoms with Gasteiger partial charge in [-0.05, 0) is 30.9 Å². The standard InChI is InChI=1S/C14H14O3/c1-3-4-5-6-7-12-8-10-14(16-12)11-9-13(15-2)17-14/h7-8,10,13H,9,11H2,1-2H3/b12-7-. The van der Waals surface area contributed by atoms with E-state index >= 15 is 0 Å². The summed E-state index contributed by atoms with van der Waals surface area (Å²) in [4.78, 5) is 0. The normalized spacial score (nSPS) is 31.9. The van der Waals surface area contributed by atoms with Gasteiger partial charge in [-0.3, -0.25) is 0 Å². The first kappa shape index (κ1) is 11.8. The molecule has 1 spiro atoms. The van der Waals surface area contributed by atoms with Crippen molar-refractivity contribution in [1.29, 1.82) is 0 Å². The molecule has 0 aromatic heterocycles. The van der Waals surface area contributed by atoms with Gasteiger partial charge >= 0.3 is 0 Å². The summed E-state index contributed by atoms with van der Waals surface area (Å²) in [6, 6.07) is 0. The highest BCUT2D eigenvalue weighted by atomic mass is 16.8. The highest BCUT2D eigenvalue weighted by Gasteiger charge is 2.43. The van der Waals surface area contributed by atoms with Crippen molar-refractivity contribution < 1.29 is 14.2 Å². The molecule has 1 saturated heterocycles. The molecular formula is C14H14O3. The second-order valence-corrected chi connectivity index (χ2v) is 3.76. The summed E-state index contributed by atoms with van der Waals surface area (Å²) in [6.07, 6.45) is 6.91. The van der Waals surface area contributed by atoms with Crippen LogP contribution in [0.3, 0.4) is 0 Å². The Morgan fingerprint density at radius 3 is 3.12 bits per heavy atom. The van der Waals surface area contributed by atoms with Gasteiger partial charge in [-0.15, -0.1) is 0 Å². The molecule has 17 heavy (non-hydrogen) atoms. The lowest BCUT2D eigenvalue weighted by Gasteiger charge is -2.22. The van der Waals surface area contributed by atoms with Gasteiger partial charge in [0.25, 0.3) is 0 Å². The van der Waals surface area contributed by atoms with Gasteiger partial charge < -0.3 is 14.2 Å². The largest absolute Gasteiger partial charge is 0.458 e. The van der Waals surface area contributed by atoms with Gasteiger partial charge in [0.05, 0.1) is 0 Å². The zero-order chi connectivity index (χ0) is 12.1. The van der Waals surface area contributed by atoms with E-state index in [0.717, 1.165) is 12.8 Å². The van der Waals surface area contributed by atoms with E-state index in [9.17, 15) is 0 Å². The minimum atomic E-state index is -0.648. The van der Waals surface area contributed by atoms with Crippen LogP contribution in [0.5, 0.6) is 0 Å². The quantitative estimate of drug-likeness (QED) is 0.644. The van der Waals surface area contributed by atoms with Crippen LogP contribution in [0.15, 0.2) is 24.0 Å². The van der Waals surface area contributed by atoms with Gasteiger partial charge in [0.15, 0.2) is 6.29 Å². The molecule has 0 amide bonds. The van der Waals surface area contributed by atoms with Crippen molar-refractivity contribution in [2.45, 2.75) is 31.8 Å². The SMILES string of the molecule is CC#CC#C/C=C1/C=CC2(CCC(OC)O2)O1. The Morgan fingerprint density at radius 1 is 1.53 bits per heavy atom. The molecule has 0 bridgehead atoms. The Hall–Kier alpha value is -1.68. The first-order valence-corrected chi connectivity index (χ1v) is 5.49. The van der Waals surface area contributed by atoms with Crippen molar-refractivity contribution >= 4 is 0 Å². The first-order valence-electron chi connectivity index (χ1n) is 5.49. The number of allylic oxidation sites excluding steroid dienone is 2. The summed E-state index contributed by atoms with van der Waals surface area (Å²) in [5.41, 5.74) is 0. The van der Waals surface area contributed by atoms with Crippen molar-refractivity contribution in [3.63, 3.8) is 0 Å². The monoisotopic (exact) mass is 230 g/mol. The molecular weight excluding hydrogens is 216 g/mol. The van der Waals surface area contributed by atoms with Crippen LogP contribution in [0.25, 0.3) is 0 Å². The van der Waals surface area contributed by atoms with E-state index in [2.05, 4.69) is 23.7 Å². The predicted octanol–water partition coefficient (Wildman–Crippen LogP) is 1.96. The topological polar surface area (TPSA) is 27.7 Å². The molecule has 88 valence electrons. The van der Waals surface area contributed by atoms with Crippen LogP contribution in [0.4, 0.5) is 0 Å². The minimum absolute atomic E-state index is 0.184. The summed E-state index contributed by atoms with van der Waals surface area (Å²) < 4.78 is 16.5. The number of hydrogen-bond donors (Lipinski definition) is 0. The maximum absolute atomic E-state index is 5.72. The summed E-state index contributed by atoms with van der Waals surface area (Å²) in [7, 11) is 1.63. The van der Waals surface area contributed by atoms with E-state index in [1.165, 1.54) is 0 Å². The van der Waals surface area contributed by atoms with Gasteiger partial charge in [0.2, 0.25) is 5.79 Å². The lowest BCUT2D eigenvalue weighted by molar-refractivity contribution is -0.218.